The van der Waals surface area contributed by atoms with Crippen molar-refractivity contribution in [2.24, 2.45) is 0 Å². The molecule has 2 aliphatic rings. The van der Waals surface area contributed by atoms with Crippen LogP contribution in [0.3, 0.4) is 0 Å². The van der Waals surface area contributed by atoms with Crippen molar-refractivity contribution in [2.75, 3.05) is 6.61 Å². The predicted molar refractivity (Wildman–Crippen MR) is 28.5 cm³/mol. The minimum Gasteiger partial charge on any atom is -0.391 e. The minimum absolute atomic E-state index is 0.166. The van der Waals surface area contributed by atoms with Gasteiger partial charge in [0, 0.05) is 6.42 Å². The van der Waals surface area contributed by atoms with E-state index in [2.05, 4.69) is 0 Å². The molecule has 2 nitrogen and oxygen atoms in total. The molecular formula is C6H10O2. The molecule has 0 unspecified atom stereocenters. The van der Waals surface area contributed by atoms with E-state index in [0.29, 0.717) is 6.61 Å². The lowest BCUT2D eigenvalue weighted by molar-refractivity contribution is 0.0746. The Morgan fingerprint density at radius 2 is 2.25 bits per heavy atom. The van der Waals surface area contributed by atoms with E-state index in [4.69, 9.17) is 9.84 Å². The van der Waals surface area contributed by atoms with Crippen molar-refractivity contribution in [3.63, 3.8) is 0 Å². The van der Waals surface area contributed by atoms with E-state index in [1.165, 1.54) is 12.8 Å². The lowest BCUT2D eigenvalue weighted by Gasteiger charge is -2.00. The van der Waals surface area contributed by atoms with Crippen molar-refractivity contribution in [2.45, 2.75) is 31.0 Å². The Balaban J connectivity index is 2.03. The zero-order valence-electron chi connectivity index (χ0n) is 4.76. The van der Waals surface area contributed by atoms with Crippen LogP contribution in [0.5, 0.6) is 0 Å². The number of aliphatic hydroxyl groups is 1. The van der Waals surface area contributed by atoms with Crippen molar-refractivity contribution in [1.29, 1.82) is 0 Å². The molecule has 0 aromatic rings. The molecule has 1 heterocycles. The van der Waals surface area contributed by atoms with Crippen LogP contribution < -0.4 is 0 Å². The van der Waals surface area contributed by atoms with Gasteiger partial charge in [-0.1, -0.05) is 0 Å². The second-order valence-corrected chi connectivity index (χ2v) is 2.85. The zero-order chi connectivity index (χ0) is 5.61. The molecule has 1 aliphatic carbocycles. The summed E-state index contributed by atoms with van der Waals surface area (Å²) in [4.78, 5) is 0. The third-order valence-electron chi connectivity index (χ3n) is 2.00. The second-order valence-electron chi connectivity index (χ2n) is 2.85. The van der Waals surface area contributed by atoms with Gasteiger partial charge in [-0.15, -0.1) is 0 Å². The molecule has 0 aromatic carbocycles. The largest absolute Gasteiger partial charge is 0.391 e. The molecule has 1 saturated carbocycles. The third-order valence-corrected chi connectivity index (χ3v) is 2.00. The normalized spacial score (nSPS) is 40.9. The van der Waals surface area contributed by atoms with Crippen molar-refractivity contribution in [1.82, 2.24) is 0 Å². The summed E-state index contributed by atoms with van der Waals surface area (Å²) in [6, 6.07) is 0. The van der Waals surface area contributed by atoms with Gasteiger partial charge in [0.15, 0.2) is 0 Å². The molecule has 1 aliphatic heterocycles. The summed E-state index contributed by atoms with van der Waals surface area (Å²) in [6.07, 6.45) is 3.05. The second kappa shape index (κ2) is 1.25. The molecule has 1 N–H and O–H groups in total. The molecule has 2 rings (SSSR count). The van der Waals surface area contributed by atoms with Crippen molar-refractivity contribution < 1.29 is 9.84 Å². The monoisotopic (exact) mass is 114 g/mol. The van der Waals surface area contributed by atoms with Crippen LogP contribution in [0, 0.1) is 0 Å². The maximum Gasteiger partial charge on any atom is 0.0801 e. The molecule has 46 valence electrons. The molecule has 0 aromatic heterocycles. The Morgan fingerprint density at radius 1 is 1.50 bits per heavy atom. The SMILES string of the molecule is O[C@H]1COC2(CC2)C1. The van der Waals surface area contributed by atoms with Gasteiger partial charge in [-0.25, -0.2) is 0 Å². The summed E-state index contributed by atoms with van der Waals surface area (Å²) in [5, 5.41) is 8.98. The fraction of sp³-hybridized carbons (Fsp3) is 1.00. The molecule has 0 radical (unpaired) electrons. The number of hydrogen-bond acceptors (Lipinski definition) is 2. The average molecular weight is 114 g/mol. The predicted octanol–water partition coefficient (Wildman–Crippen LogP) is 0.300. The van der Waals surface area contributed by atoms with Crippen LogP contribution >= 0.6 is 0 Å². The van der Waals surface area contributed by atoms with Crippen LogP contribution in [-0.4, -0.2) is 23.4 Å². The Bertz CT molecular complexity index is 107. The molecule has 1 atom stereocenters. The Kier molecular flexibility index (Phi) is 0.746. The molecule has 0 amide bonds. The van der Waals surface area contributed by atoms with Crippen molar-refractivity contribution in [3.05, 3.63) is 0 Å². The minimum atomic E-state index is -0.169. The lowest BCUT2D eigenvalue weighted by Crippen LogP contribution is -2.05. The summed E-state index contributed by atoms with van der Waals surface area (Å²) in [6.45, 7) is 0.569. The zero-order valence-corrected chi connectivity index (χ0v) is 4.76. The first-order chi connectivity index (χ1) is 3.81. The van der Waals surface area contributed by atoms with Crippen molar-refractivity contribution in [3.8, 4) is 0 Å². The molecule has 2 heteroatoms. The van der Waals surface area contributed by atoms with Crippen LogP contribution in [0.1, 0.15) is 19.3 Å². The van der Waals surface area contributed by atoms with Crippen LogP contribution in [0.2, 0.25) is 0 Å². The van der Waals surface area contributed by atoms with E-state index in [9.17, 15) is 0 Å². The van der Waals surface area contributed by atoms with E-state index in [0.717, 1.165) is 6.42 Å². The Labute approximate surface area is 48.5 Å². The highest BCUT2D eigenvalue weighted by Crippen LogP contribution is 2.47. The summed E-state index contributed by atoms with van der Waals surface area (Å²) in [5.74, 6) is 0. The molecule has 1 spiro atoms. The van der Waals surface area contributed by atoms with E-state index in [1.54, 1.807) is 0 Å². The standard InChI is InChI=1S/C6H10O2/c7-5-3-6(1-2-6)8-4-5/h5,7H,1-4H2/t5-/m1/s1. The maximum absolute atomic E-state index is 8.98. The number of hydrogen-bond donors (Lipinski definition) is 1. The molecule has 0 bridgehead atoms. The molecule has 8 heavy (non-hydrogen) atoms. The van der Waals surface area contributed by atoms with Crippen LogP contribution in [0.4, 0.5) is 0 Å². The summed E-state index contributed by atoms with van der Waals surface area (Å²) >= 11 is 0. The quantitative estimate of drug-likeness (QED) is 0.490. The fourth-order valence-corrected chi connectivity index (χ4v) is 1.31. The fourth-order valence-electron chi connectivity index (χ4n) is 1.31. The van der Waals surface area contributed by atoms with Crippen LogP contribution in [0.15, 0.2) is 0 Å². The van der Waals surface area contributed by atoms with Gasteiger partial charge in [0.25, 0.3) is 0 Å². The third kappa shape index (κ3) is 0.565. The smallest absolute Gasteiger partial charge is 0.0801 e. The van der Waals surface area contributed by atoms with Gasteiger partial charge in [0.05, 0.1) is 18.3 Å². The van der Waals surface area contributed by atoms with Crippen LogP contribution in [0.25, 0.3) is 0 Å². The summed E-state index contributed by atoms with van der Waals surface area (Å²) < 4.78 is 5.31. The first-order valence-electron chi connectivity index (χ1n) is 3.13. The van der Waals surface area contributed by atoms with E-state index < -0.39 is 0 Å². The highest BCUT2D eigenvalue weighted by atomic mass is 16.5. The van der Waals surface area contributed by atoms with E-state index >= 15 is 0 Å². The van der Waals surface area contributed by atoms with Gasteiger partial charge in [0.1, 0.15) is 0 Å². The first kappa shape index (κ1) is 4.77. The topological polar surface area (TPSA) is 29.5 Å². The molecular weight excluding hydrogens is 104 g/mol. The van der Waals surface area contributed by atoms with Gasteiger partial charge < -0.3 is 9.84 Å². The number of aliphatic hydroxyl groups excluding tert-OH is 1. The van der Waals surface area contributed by atoms with E-state index in [1.807, 2.05) is 0 Å². The van der Waals surface area contributed by atoms with E-state index in [-0.39, 0.29) is 11.7 Å². The molecule has 1 saturated heterocycles. The van der Waals surface area contributed by atoms with Gasteiger partial charge in [-0.3, -0.25) is 0 Å². The Morgan fingerprint density at radius 3 is 2.50 bits per heavy atom. The number of ether oxygens (including phenoxy) is 1. The van der Waals surface area contributed by atoms with Gasteiger partial charge in [-0.2, -0.15) is 0 Å². The Hall–Kier alpha value is -0.0800. The first-order valence-corrected chi connectivity index (χ1v) is 3.13. The average Bonchev–Trinajstić information content (AvgIpc) is 2.34. The molecule has 2 fully saturated rings. The highest BCUT2D eigenvalue weighted by molar-refractivity contribution is 5.00. The maximum atomic E-state index is 8.98. The van der Waals surface area contributed by atoms with Gasteiger partial charge in [0.2, 0.25) is 0 Å². The highest BCUT2D eigenvalue weighted by Gasteiger charge is 2.49. The summed E-state index contributed by atoms with van der Waals surface area (Å²) in [5.41, 5.74) is 0.166. The van der Waals surface area contributed by atoms with Gasteiger partial charge in [-0.05, 0) is 12.8 Å². The lowest BCUT2D eigenvalue weighted by atomic mass is 10.2. The van der Waals surface area contributed by atoms with Crippen LogP contribution in [-0.2, 0) is 4.74 Å². The number of rotatable bonds is 0. The van der Waals surface area contributed by atoms with Crippen molar-refractivity contribution >= 4 is 0 Å². The van der Waals surface area contributed by atoms with Gasteiger partial charge >= 0.3 is 0 Å². The summed E-state index contributed by atoms with van der Waals surface area (Å²) in [7, 11) is 0.